The molecule has 1 heterocycles. The number of imidazole rings is 1. The summed E-state index contributed by atoms with van der Waals surface area (Å²) >= 11 is 3.41. The number of para-hydroxylation sites is 1. The van der Waals surface area contributed by atoms with Crippen LogP contribution in [0.1, 0.15) is 5.56 Å². The van der Waals surface area contributed by atoms with Gasteiger partial charge in [0.1, 0.15) is 5.69 Å². The number of aromatic nitrogens is 2. The van der Waals surface area contributed by atoms with Gasteiger partial charge in [0.2, 0.25) is 0 Å². The van der Waals surface area contributed by atoms with E-state index in [1.807, 2.05) is 54.0 Å². The average Bonchev–Trinajstić information content (AvgIpc) is 2.70. The number of hydrogen-bond donors (Lipinski definition) is 0. The lowest BCUT2D eigenvalue weighted by atomic mass is 10.2. The molecule has 0 bridgehead atoms. The Kier molecular flexibility index (Phi) is 2.59. The van der Waals surface area contributed by atoms with E-state index in [4.69, 9.17) is 0 Å². The smallest absolute Gasteiger partial charge is 0.253 e. The average molecular weight is 303 g/mol. The topological polar surface area (TPSA) is 31.9 Å². The summed E-state index contributed by atoms with van der Waals surface area (Å²) in [5, 5.41) is 11.9. The maximum absolute atomic E-state index is 11.9. The van der Waals surface area contributed by atoms with Crippen molar-refractivity contribution in [2.75, 3.05) is 0 Å². The van der Waals surface area contributed by atoms with Crippen molar-refractivity contribution in [1.82, 2.24) is 4.57 Å². The first-order valence-electron chi connectivity index (χ1n) is 5.62. The second-order valence-corrected chi connectivity index (χ2v) is 5.15. The van der Waals surface area contributed by atoms with Gasteiger partial charge in [0, 0.05) is 10.0 Å². The summed E-state index contributed by atoms with van der Waals surface area (Å²) in [6.45, 7) is 2.01. The molecular weight excluding hydrogens is 292 g/mol. The fourth-order valence-electron chi connectivity index (χ4n) is 2.16. The monoisotopic (exact) mass is 302 g/mol. The standard InChI is InChI=1S/C14H11BrN2O/c1-10-3-2-4-13-14(10)16(9-17(13)18)12-7-5-11(15)6-8-12/h2-9H,1H3. The SMILES string of the molecule is Cc1cccc2c1n(-c1ccc(Br)cc1)c[n+]2[O-]. The van der Waals surface area contributed by atoms with E-state index < -0.39 is 0 Å². The summed E-state index contributed by atoms with van der Waals surface area (Å²) in [6, 6.07) is 13.6. The first-order chi connectivity index (χ1) is 8.66. The van der Waals surface area contributed by atoms with Gasteiger partial charge in [-0.1, -0.05) is 28.1 Å². The van der Waals surface area contributed by atoms with Crippen molar-refractivity contribution in [3.63, 3.8) is 0 Å². The van der Waals surface area contributed by atoms with E-state index >= 15 is 0 Å². The Morgan fingerprint density at radius 2 is 1.83 bits per heavy atom. The van der Waals surface area contributed by atoms with Gasteiger partial charge in [-0.15, -0.1) is 0 Å². The molecule has 18 heavy (non-hydrogen) atoms. The van der Waals surface area contributed by atoms with Crippen molar-refractivity contribution < 1.29 is 4.73 Å². The molecule has 3 aromatic rings. The van der Waals surface area contributed by atoms with E-state index in [0.717, 1.165) is 26.0 Å². The minimum atomic E-state index is 0.693. The van der Waals surface area contributed by atoms with E-state index in [0.29, 0.717) is 5.52 Å². The predicted octanol–water partition coefficient (Wildman–Crippen LogP) is 3.33. The number of hydrogen-bond acceptors (Lipinski definition) is 1. The van der Waals surface area contributed by atoms with Gasteiger partial charge in [-0.3, -0.25) is 0 Å². The van der Waals surface area contributed by atoms with Gasteiger partial charge in [0.25, 0.3) is 6.33 Å². The fraction of sp³-hybridized carbons (Fsp3) is 0.0714. The highest BCUT2D eigenvalue weighted by Gasteiger charge is 2.15. The molecular formula is C14H11BrN2O. The minimum absolute atomic E-state index is 0.693. The molecule has 3 rings (SSSR count). The molecule has 0 radical (unpaired) electrons. The lowest BCUT2D eigenvalue weighted by molar-refractivity contribution is -0.577. The van der Waals surface area contributed by atoms with E-state index in [-0.39, 0.29) is 0 Å². The molecule has 0 atom stereocenters. The predicted molar refractivity (Wildman–Crippen MR) is 74.7 cm³/mol. The highest BCUT2D eigenvalue weighted by Crippen LogP contribution is 2.21. The van der Waals surface area contributed by atoms with Crippen LogP contribution < -0.4 is 4.73 Å². The third-order valence-electron chi connectivity index (χ3n) is 3.02. The zero-order chi connectivity index (χ0) is 12.7. The first kappa shape index (κ1) is 11.3. The molecule has 90 valence electrons. The Hall–Kier alpha value is -1.81. The number of aryl methyl sites for hydroxylation is 1. The Balaban J connectivity index is 2.32. The van der Waals surface area contributed by atoms with Crippen molar-refractivity contribution in [2.24, 2.45) is 0 Å². The van der Waals surface area contributed by atoms with Crippen LogP contribution in [0.4, 0.5) is 0 Å². The number of rotatable bonds is 1. The maximum atomic E-state index is 11.9. The van der Waals surface area contributed by atoms with Crippen LogP contribution in [-0.4, -0.2) is 4.57 Å². The molecule has 0 aliphatic carbocycles. The van der Waals surface area contributed by atoms with E-state index in [9.17, 15) is 5.21 Å². The van der Waals surface area contributed by atoms with E-state index in [2.05, 4.69) is 15.9 Å². The Labute approximate surface area is 113 Å². The van der Waals surface area contributed by atoms with Crippen molar-refractivity contribution in [3.8, 4) is 5.69 Å². The molecule has 0 spiro atoms. The van der Waals surface area contributed by atoms with Crippen LogP contribution in [0, 0.1) is 12.1 Å². The van der Waals surface area contributed by atoms with Gasteiger partial charge >= 0.3 is 0 Å². The summed E-state index contributed by atoms with van der Waals surface area (Å²) < 4.78 is 3.85. The van der Waals surface area contributed by atoms with Gasteiger partial charge in [0.05, 0.1) is 0 Å². The van der Waals surface area contributed by atoms with Gasteiger partial charge in [0.15, 0.2) is 11.0 Å². The summed E-state index contributed by atoms with van der Waals surface area (Å²) in [6.07, 6.45) is 1.57. The minimum Gasteiger partial charge on any atom is -0.710 e. The van der Waals surface area contributed by atoms with Crippen molar-refractivity contribution >= 4 is 27.0 Å². The lowest BCUT2D eigenvalue weighted by Gasteiger charge is -1.99. The largest absolute Gasteiger partial charge is 0.710 e. The summed E-state index contributed by atoms with van der Waals surface area (Å²) in [4.78, 5) is 0. The zero-order valence-corrected chi connectivity index (χ0v) is 11.4. The molecule has 0 saturated heterocycles. The third kappa shape index (κ3) is 1.69. The van der Waals surface area contributed by atoms with Crippen molar-refractivity contribution in [2.45, 2.75) is 6.92 Å². The van der Waals surface area contributed by atoms with Crippen LogP contribution in [0.2, 0.25) is 0 Å². The Morgan fingerprint density at radius 3 is 2.56 bits per heavy atom. The highest BCUT2D eigenvalue weighted by molar-refractivity contribution is 9.10. The van der Waals surface area contributed by atoms with E-state index in [1.165, 1.54) is 0 Å². The molecule has 3 nitrogen and oxygen atoms in total. The maximum Gasteiger partial charge on any atom is 0.253 e. The van der Waals surface area contributed by atoms with Crippen LogP contribution in [0.5, 0.6) is 0 Å². The van der Waals surface area contributed by atoms with E-state index in [1.54, 1.807) is 6.33 Å². The molecule has 2 aromatic carbocycles. The van der Waals surface area contributed by atoms with Crippen LogP contribution in [-0.2, 0) is 0 Å². The number of fused-ring (bicyclic) bond motifs is 1. The highest BCUT2D eigenvalue weighted by atomic mass is 79.9. The Morgan fingerprint density at radius 1 is 1.11 bits per heavy atom. The van der Waals surface area contributed by atoms with Crippen LogP contribution in [0.25, 0.3) is 16.7 Å². The molecule has 0 fully saturated rings. The molecule has 0 aliphatic rings. The van der Waals surface area contributed by atoms with Crippen LogP contribution in [0.3, 0.4) is 0 Å². The van der Waals surface area contributed by atoms with Gasteiger partial charge in [-0.05, 0) is 37.3 Å². The van der Waals surface area contributed by atoms with Crippen molar-refractivity contribution in [1.29, 1.82) is 0 Å². The first-order valence-corrected chi connectivity index (χ1v) is 6.42. The quantitative estimate of drug-likeness (QED) is 0.501. The fourth-order valence-corrected chi connectivity index (χ4v) is 2.42. The molecule has 0 N–H and O–H groups in total. The second kappa shape index (κ2) is 4.14. The zero-order valence-electron chi connectivity index (χ0n) is 9.80. The summed E-state index contributed by atoms with van der Waals surface area (Å²) in [5.41, 5.74) is 3.71. The van der Waals surface area contributed by atoms with Crippen LogP contribution in [0.15, 0.2) is 53.3 Å². The third-order valence-corrected chi connectivity index (χ3v) is 3.55. The normalized spacial score (nSPS) is 11.0. The summed E-state index contributed by atoms with van der Waals surface area (Å²) in [7, 11) is 0. The van der Waals surface area contributed by atoms with Gasteiger partial charge in [-0.25, -0.2) is 4.73 Å². The molecule has 4 heteroatoms. The number of benzene rings is 2. The lowest BCUT2D eigenvalue weighted by Crippen LogP contribution is -2.22. The van der Waals surface area contributed by atoms with Gasteiger partial charge in [-0.2, -0.15) is 4.57 Å². The number of nitrogens with zero attached hydrogens (tertiary/aromatic N) is 2. The molecule has 0 unspecified atom stereocenters. The second-order valence-electron chi connectivity index (χ2n) is 4.23. The molecule has 0 saturated carbocycles. The molecule has 1 aromatic heterocycles. The molecule has 0 amide bonds. The molecule has 0 aliphatic heterocycles. The summed E-state index contributed by atoms with van der Waals surface area (Å²) in [5.74, 6) is 0. The Bertz CT molecular complexity index is 716. The van der Waals surface area contributed by atoms with Gasteiger partial charge < -0.3 is 5.21 Å². The van der Waals surface area contributed by atoms with Crippen LogP contribution >= 0.6 is 15.9 Å². The van der Waals surface area contributed by atoms with Crippen molar-refractivity contribution in [3.05, 3.63) is 64.0 Å². The number of halogens is 1.